The standard InChI is InChI=1S/C25H32N2O3/c1-3-14-26(15-4-2)23(28)20(16-17-8-6-5-7-9-17)27-24(29)21-18-10-11-19(13-12-18)22(21)25(27)30/h5-11,18-22H,3-4,12-16H2,1-2H3. The number of allylic oxidation sites excluding steroid dienone is 2. The Morgan fingerprint density at radius 1 is 0.967 bits per heavy atom. The molecule has 160 valence electrons. The van der Waals surface area contributed by atoms with Gasteiger partial charge in [0.05, 0.1) is 11.8 Å². The van der Waals surface area contributed by atoms with Crippen molar-refractivity contribution in [2.24, 2.45) is 23.7 Å². The zero-order valence-corrected chi connectivity index (χ0v) is 18.0. The molecule has 5 unspecified atom stereocenters. The molecule has 2 fully saturated rings. The van der Waals surface area contributed by atoms with Crippen LogP contribution in [0.4, 0.5) is 0 Å². The fourth-order valence-electron chi connectivity index (χ4n) is 5.61. The van der Waals surface area contributed by atoms with E-state index in [9.17, 15) is 14.4 Å². The van der Waals surface area contributed by atoms with Crippen LogP contribution in [0.2, 0.25) is 0 Å². The first-order chi connectivity index (χ1) is 14.6. The highest BCUT2D eigenvalue weighted by molar-refractivity contribution is 6.09. The topological polar surface area (TPSA) is 57.7 Å². The number of imide groups is 1. The summed E-state index contributed by atoms with van der Waals surface area (Å²) in [5.74, 6) is -0.648. The summed E-state index contributed by atoms with van der Waals surface area (Å²) >= 11 is 0. The maximum absolute atomic E-state index is 13.7. The van der Waals surface area contributed by atoms with Crippen molar-refractivity contribution in [3.8, 4) is 0 Å². The molecule has 5 heteroatoms. The van der Waals surface area contributed by atoms with Gasteiger partial charge < -0.3 is 4.90 Å². The normalized spacial score (nSPS) is 28.0. The van der Waals surface area contributed by atoms with E-state index in [1.165, 1.54) is 4.90 Å². The predicted octanol–water partition coefficient (Wildman–Crippen LogP) is 3.44. The van der Waals surface area contributed by atoms with Gasteiger partial charge in [0.2, 0.25) is 17.7 Å². The Labute approximate surface area is 179 Å². The summed E-state index contributed by atoms with van der Waals surface area (Å²) in [5.41, 5.74) is 0.973. The van der Waals surface area contributed by atoms with E-state index in [-0.39, 0.29) is 41.4 Å². The molecule has 4 aliphatic rings. The number of carbonyl (C=O) groups excluding carboxylic acids is 3. The highest BCUT2D eigenvalue weighted by Crippen LogP contribution is 2.50. The van der Waals surface area contributed by atoms with Gasteiger partial charge in [-0.25, -0.2) is 0 Å². The first-order valence-electron chi connectivity index (χ1n) is 11.4. The molecule has 30 heavy (non-hydrogen) atoms. The van der Waals surface area contributed by atoms with Crippen molar-refractivity contribution < 1.29 is 14.4 Å². The number of rotatable bonds is 8. The lowest BCUT2D eigenvalue weighted by atomic mass is 9.63. The SMILES string of the molecule is CCCN(CCC)C(=O)C(Cc1ccccc1)N1C(=O)C2C3C=CC(CC3)C2C1=O. The van der Waals surface area contributed by atoms with E-state index in [2.05, 4.69) is 12.2 Å². The minimum atomic E-state index is -0.754. The number of fused-ring (bicyclic) bond motifs is 1. The predicted molar refractivity (Wildman–Crippen MR) is 115 cm³/mol. The molecule has 0 aromatic heterocycles. The number of likely N-dealkylation sites (tertiary alicyclic amines) is 1. The molecular formula is C25H32N2O3. The number of hydrogen-bond acceptors (Lipinski definition) is 3. The second kappa shape index (κ2) is 8.75. The number of carbonyl (C=O) groups is 3. The van der Waals surface area contributed by atoms with Crippen LogP contribution in [0.1, 0.15) is 45.1 Å². The Kier molecular flexibility index (Phi) is 6.07. The molecule has 1 aromatic carbocycles. The van der Waals surface area contributed by atoms with Crippen molar-refractivity contribution >= 4 is 17.7 Å². The zero-order valence-electron chi connectivity index (χ0n) is 18.0. The first-order valence-corrected chi connectivity index (χ1v) is 11.4. The minimum Gasteiger partial charge on any atom is -0.341 e. The molecule has 3 amide bonds. The van der Waals surface area contributed by atoms with E-state index in [0.717, 1.165) is 31.2 Å². The Hall–Kier alpha value is -2.43. The van der Waals surface area contributed by atoms with Crippen molar-refractivity contribution in [1.29, 1.82) is 0 Å². The van der Waals surface area contributed by atoms with Gasteiger partial charge in [-0.2, -0.15) is 0 Å². The average Bonchev–Trinajstić information content (AvgIpc) is 3.05. The van der Waals surface area contributed by atoms with E-state index in [1.54, 1.807) is 0 Å². The van der Waals surface area contributed by atoms with Gasteiger partial charge in [-0.1, -0.05) is 56.3 Å². The Morgan fingerprint density at radius 2 is 1.50 bits per heavy atom. The largest absolute Gasteiger partial charge is 0.341 e. The van der Waals surface area contributed by atoms with Gasteiger partial charge in [-0.15, -0.1) is 0 Å². The number of benzene rings is 1. The molecule has 1 aromatic rings. The van der Waals surface area contributed by atoms with Crippen molar-refractivity contribution in [2.45, 2.75) is 52.0 Å². The van der Waals surface area contributed by atoms with Gasteiger partial charge in [0.25, 0.3) is 0 Å². The molecule has 1 aliphatic heterocycles. The van der Waals surface area contributed by atoms with E-state index in [1.807, 2.05) is 49.1 Å². The molecule has 5 nitrogen and oxygen atoms in total. The van der Waals surface area contributed by atoms with Gasteiger partial charge in [0.15, 0.2) is 0 Å². The summed E-state index contributed by atoms with van der Waals surface area (Å²) in [6.07, 6.45) is 8.25. The third-order valence-electron chi connectivity index (χ3n) is 6.96. The average molecular weight is 409 g/mol. The van der Waals surface area contributed by atoms with Crippen LogP contribution in [0.15, 0.2) is 42.5 Å². The highest BCUT2D eigenvalue weighted by Gasteiger charge is 2.58. The molecule has 1 saturated carbocycles. The lowest BCUT2D eigenvalue weighted by Gasteiger charge is -2.38. The lowest BCUT2D eigenvalue weighted by Crippen LogP contribution is -2.53. The highest BCUT2D eigenvalue weighted by atomic mass is 16.2. The quantitative estimate of drug-likeness (QED) is 0.489. The van der Waals surface area contributed by atoms with Gasteiger partial charge in [-0.3, -0.25) is 19.3 Å². The summed E-state index contributed by atoms with van der Waals surface area (Å²) in [4.78, 5) is 43.9. The number of nitrogens with zero attached hydrogens (tertiary/aromatic N) is 2. The molecule has 1 saturated heterocycles. The Morgan fingerprint density at radius 3 is 1.97 bits per heavy atom. The fraction of sp³-hybridized carbons (Fsp3) is 0.560. The van der Waals surface area contributed by atoms with Crippen molar-refractivity contribution in [3.05, 3.63) is 48.0 Å². The maximum atomic E-state index is 13.7. The Balaban J connectivity index is 1.67. The van der Waals surface area contributed by atoms with Gasteiger partial charge >= 0.3 is 0 Å². The monoisotopic (exact) mass is 408 g/mol. The first kappa shape index (κ1) is 20.8. The van der Waals surface area contributed by atoms with Gasteiger partial charge in [0.1, 0.15) is 6.04 Å². The fourth-order valence-corrected chi connectivity index (χ4v) is 5.61. The second-order valence-electron chi connectivity index (χ2n) is 8.92. The molecule has 2 bridgehead atoms. The van der Waals surface area contributed by atoms with E-state index in [0.29, 0.717) is 19.5 Å². The zero-order chi connectivity index (χ0) is 21.3. The molecular weight excluding hydrogens is 376 g/mol. The smallest absolute Gasteiger partial charge is 0.246 e. The third-order valence-corrected chi connectivity index (χ3v) is 6.96. The van der Waals surface area contributed by atoms with E-state index < -0.39 is 6.04 Å². The lowest BCUT2D eigenvalue weighted by molar-refractivity contribution is -0.151. The molecule has 0 spiro atoms. The van der Waals surface area contributed by atoms with Crippen LogP contribution in [0.3, 0.4) is 0 Å². The van der Waals surface area contributed by atoms with Crippen LogP contribution in [0, 0.1) is 23.7 Å². The number of hydrogen-bond donors (Lipinski definition) is 0. The molecule has 0 radical (unpaired) electrons. The van der Waals surface area contributed by atoms with Crippen LogP contribution in [-0.4, -0.2) is 46.7 Å². The maximum Gasteiger partial charge on any atom is 0.246 e. The van der Waals surface area contributed by atoms with Crippen LogP contribution >= 0.6 is 0 Å². The van der Waals surface area contributed by atoms with Crippen LogP contribution in [0.5, 0.6) is 0 Å². The molecule has 0 N–H and O–H groups in total. The van der Waals surface area contributed by atoms with Crippen LogP contribution in [0.25, 0.3) is 0 Å². The van der Waals surface area contributed by atoms with E-state index >= 15 is 0 Å². The third kappa shape index (κ3) is 3.59. The molecule has 3 aliphatic carbocycles. The summed E-state index contributed by atoms with van der Waals surface area (Å²) in [6, 6.07) is 8.98. The van der Waals surface area contributed by atoms with Crippen LogP contribution < -0.4 is 0 Å². The molecule has 5 rings (SSSR count). The summed E-state index contributed by atoms with van der Waals surface area (Å²) < 4.78 is 0. The Bertz CT molecular complexity index is 796. The second-order valence-corrected chi connectivity index (χ2v) is 8.92. The summed E-state index contributed by atoms with van der Waals surface area (Å²) in [6.45, 7) is 5.39. The van der Waals surface area contributed by atoms with Crippen molar-refractivity contribution in [3.63, 3.8) is 0 Å². The number of amides is 3. The van der Waals surface area contributed by atoms with Crippen LogP contribution in [-0.2, 0) is 20.8 Å². The molecule has 5 atom stereocenters. The minimum absolute atomic E-state index is 0.0943. The molecule has 1 heterocycles. The summed E-state index contributed by atoms with van der Waals surface area (Å²) in [7, 11) is 0. The van der Waals surface area contributed by atoms with Crippen molar-refractivity contribution in [2.75, 3.05) is 13.1 Å². The van der Waals surface area contributed by atoms with Gasteiger partial charge in [0, 0.05) is 19.5 Å². The summed E-state index contributed by atoms with van der Waals surface area (Å²) in [5, 5.41) is 0. The van der Waals surface area contributed by atoms with Gasteiger partial charge in [-0.05, 0) is 43.1 Å². The van der Waals surface area contributed by atoms with E-state index in [4.69, 9.17) is 0 Å². The van der Waals surface area contributed by atoms with Crippen molar-refractivity contribution in [1.82, 2.24) is 9.80 Å².